The number of amides is 2. The summed E-state index contributed by atoms with van der Waals surface area (Å²) < 4.78 is 26.7. The molecule has 1 N–H and O–H groups in total. The van der Waals surface area contributed by atoms with Gasteiger partial charge in [0.15, 0.2) is 11.6 Å². The number of rotatable bonds is 5. The van der Waals surface area contributed by atoms with Crippen LogP contribution in [0.3, 0.4) is 0 Å². The van der Waals surface area contributed by atoms with Crippen molar-refractivity contribution in [1.82, 2.24) is 5.32 Å². The molecule has 7 heteroatoms. The van der Waals surface area contributed by atoms with Crippen LogP contribution >= 0.6 is 0 Å². The smallest absolute Gasteiger partial charge is 0.227 e. The van der Waals surface area contributed by atoms with Crippen LogP contribution < -0.4 is 15.1 Å². The van der Waals surface area contributed by atoms with Crippen molar-refractivity contribution in [2.45, 2.75) is 32.1 Å². The Bertz CT molecular complexity index is 1060. The molecule has 0 bridgehead atoms. The number of halogens is 2. The van der Waals surface area contributed by atoms with Crippen LogP contribution in [0, 0.1) is 23.5 Å². The minimum atomic E-state index is -0.850. The quantitative estimate of drug-likeness (QED) is 0.777. The average molecular weight is 440 g/mol. The van der Waals surface area contributed by atoms with Gasteiger partial charge in [0.05, 0.1) is 5.92 Å². The van der Waals surface area contributed by atoms with Gasteiger partial charge in [-0.1, -0.05) is 6.07 Å². The van der Waals surface area contributed by atoms with Gasteiger partial charge in [-0.15, -0.1) is 0 Å². The van der Waals surface area contributed by atoms with Gasteiger partial charge in [-0.05, 0) is 67.0 Å². The predicted octanol–water partition coefficient (Wildman–Crippen LogP) is 3.45. The molecule has 1 aliphatic carbocycles. The number of carbonyl (C=O) groups is 2. The van der Waals surface area contributed by atoms with Crippen molar-refractivity contribution in [1.29, 1.82) is 0 Å². The molecule has 2 aliphatic heterocycles. The highest BCUT2D eigenvalue weighted by atomic mass is 19.2. The minimum absolute atomic E-state index is 0.00604. The molecule has 0 radical (unpaired) electrons. The number of aryl methyl sites for hydroxylation is 2. The summed E-state index contributed by atoms with van der Waals surface area (Å²) in [6, 6.07) is 10.1. The first-order valence-corrected chi connectivity index (χ1v) is 11.4. The zero-order valence-electron chi connectivity index (χ0n) is 17.9. The summed E-state index contributed by atoms with van der Waals surface area (Å²) in [5.74, 6) is -1.91. The second-order valence-corrected chi connectivity index (χ2v) is 9.16. The Balaban J connectivity index is 1.14. The van der Waals surface area contributed by atoms with Gasteiger partial charge in [0.1, 0.15) is 0 Å². The standard InChI is InChI=1S/C25H27F2N3O2/c26-22-7-6-20(12-23(22)27)29-9-8-16(14-29)13-28-25(32)19-11-24(31)30(15-19)21-5-4-17-2-1-3-18(17)10-21/h4-7,10,12,16,19H,1-3,8-9,11,13-15H2,(H,28,32). The molecule has 2 fully saturated rings. The van der Waals surface area contributed by atoms with E-state index in [4.69, 9.17) is 0 Å². The van der Waals surface area contributed by atoms with E-state index in [9.17, 15) is 18.4 Å². The fraction of sp³-hybridized carbons (Fsp3) is 0.440. The van der Waals surface area contributed by atoms with Gasteiger partial charge in [-0.2, -0.15) is 0 Å². The maximum Gasteiger partial charge on any atom is 0.227 e. The summed E-state index contributed by atoms with van der Waals surface area (Å²) in [4.78, 5) is 29.1. The number of fused-ring (bicyclic) bond motifs is 1. The van der Waals surface area contributed by atoms with Crippen LogP contribution in [0.2, 0.25) is 0 Å². The topological polar surface area (TPSA) is 52.7 Å². The van der Waals surface area contributed by atoms with Gasteiger partial charge < -0.3 is 15.1 Å². The van der Waals surface area contributed by atoms with E-state index in [0.717, 1.165) is 44.0 Å². The Labute approximate surface area is 186 Å². The highest BCUT2D eigenvalue weighted by Gasteiger charge is 2.36. The molecule has 2 unspecified atom stereocenters. The molecule has 5 rings (SSSR count). The summed E-state index contributed by atoms with van der Waals surface area (Å²) >= 11 is 0. The lowest BCUT2D eigenvalue weighted by Crippen LogP contribution is -2.36. The number of hydrogen-bond donors (Lipinski definition) is 1. The van der Waals surface area contributed by atoms with E-state index >= 15 is 0 Å². The van der Waals surface area contributed by atoms with Crippen LogP contribution in [0.1, 0.15) is 30.4 Å². The SMILES string of the molecule is O=C(NCC1CCN(c2ccc(F)c(F)c2)C1)C1CC(=O)N(c2ccc3c(c2)CCC3)C1. The summed E-state index contributed by atoms with van der Waals surface area (Å²) in [5.41, 5.74) is 4.23. The maximum absolute atomic E-state index is 13.5. The average Bonchev–Trinajstić information content (AvgIpc) is 3.53. The molecule has 2 saturated heterocycles. The van der Waals surface area contributed by atoms with Crippen LogP contribution in [0.15, 0.2) is 36.4 Å². The summed E-state index contributed by atoms with van der Waals surface area (Å²) in [6.45, 7) is 2.34. The molecule has 2 heterocycles. The molecule has 32 heavy (non-hydrogen) atoms. The number of benzene rings is 2. The van der Waals surface area contributed by atoms with Gasteiger partial charge in [-0.25, -0.2) is 8.78 Å². The largest absolute Gasteiger partial charge is 0.371 e. The molecule has 3 aliphatic rings. The van der Waals surface area contributed by atoms with E-state index in [0.29, 0.717) is 25.3 Å². The normalized spacial score (nSPS) is 22.5. The second-order valence-electron chi connectivity index (χ2n) is 9.16. The first kappa shape index (κ1) is 20.9. The third-order valence-corrected chi connectivity index (χ3v) is 7.01. The van der Waals surface area contributed by atoms with E-state index in [1.54, 1.807) is 11.0 Å². The summed E-state index contributed by atoms with van der Waals surface area (Å²) in [6.07, 6.45) is 4.41. The first-order chi connectivity index (χ1) is 15.5. The Kier molecular flexibility index (Phi) is 5.57. The van der Waals surface area contributed by atoms with Crippen LogP contribution in [-0.2, 0) is 22.4 Å². The van der Waals surface area contributed by atoms with Gasteiger partial charge in [0.25, 0.3) is 0 Å². The molecule has 0 saturated carbocycles. The van der Waals surface area contributed by atoms with Gasteiger partial charge in [-0.3, -0.25) is 9.59 Å². The zero-order valence-corrected chi connectivity index (χ0v) is 17.9. The number of nitrogens with one attached hydrogen (secondary N) is 1. The zero-order chi connectivity index (χ0) is 22.2. The first-order valence-electron chi connectivity index (χ1n) is 11.4. The summed E-state index contributed by atoms with van der Waals surface area (Å²) in [7, 11) is 0. The third-order valence-electron chi connectivity index (χ3n) is 7.01. The van der Waals surface area contributed by atoms with Crippen molar-refractivity contribution in [3.05, 3.63) is 59.2 Å². The lowest BCUT2D eigenvalue weighted by molar-refractivity contribution is -0.126. The Morgan fingerprint density at radius 1 is 1.00 bits per heavy atom. The molecule has 2 aromatic rings. The fourth-order valence-corrected chi connectivity index (χ4v) is 5.16. The number of hydrogen-bond acceptors (Lipinski definition) is 3. The Morgan fingerprint density at radius 3 is 2.66 bits per heavy atom. The van der Waals surface area contributed by atoms with Crippen LogP contribution in [-0.4, -0.2) is 38.0 Å². The molecule has 0 spiro atoms. The fourth-order valence-electron chi connectivity index (χ4n) is 5.16. The predicted molar refractivity (Wildman–Crippen MR) is 119 cm³/mol. The molecule has 0 aromatic heterocycles. The number of anilines is 2. The molecular weight excluding hydrogens is 412 g/mol. The van der Waals surface area contributed by atoms with E-state index in [2.05, 4.69) is 17.4 Å². The molecule has 168 valence electrons. The molecule has 2 aromatic carbocycles. The summed E-state index contributed by atoms with van der Waals surface area (Å²) in [5, 5.41) is 3.01. The third kappa shape index (κ3) is 4.08. The van der Waals surface area contributed by atoms with E-state index in [1.807, 2.05) is 11.0 Å². The van der Waals surface area contributed by atoms with E-state index in [-0.39, 0.29) is 30.1 Å². The van der Waals surface area contributed by atoms with Crippen molar-refractivity contribution in [2.75, 3.05) is 36.0 Å². The second kappa shape index (κ2) is 8.52. The van der Waals surface area contributed by atoms with Crippen LogP contribution in [0.5, 0.6) is 0 Å². The highest BCUT2D eigenvalue weighted by Crippen LogP contribution is 2.31. The van der Waals surface area contributed by atoms with E-state index < -0.39 is 11.6 Å². The Hall–Kier alpha value is -2.96. The maximum atomic E-state index is 13.5. The number of nitrogens with zero attached hydrogens (tertiary/aromatic N) is 2. The minimum Gasteiger partial charge on any atom is -0.371 e. The van der Waals surface area contributed by atoms with Gasteiger partial charge in [0, 0.05) is 50.0 Å². The van der Waals surface area contributed by atoms with Crippen molar-refractivity contribution < 1.29 is 18.4 Å². The Morgan fingerprint density at radius 2 is 1.81 bits per heavy atom. The van der Waals surface area contributed by atoms with Crippen molar-refractivity contribution in [2.24, 2.45) is 11.8 Å². The van der Waals surface area contributed by atoms with E-state index in [1.165, 1.54) is 17.2 Å². The van der Waals surface area contributed by atoms with Crippen LogP contribution in [0.25, 0.3) is 0 Å². The molecular formula is C25H27F2N3O2. The molecule has 2 atom stereocenters. The molecule has 5 nitrogen and oxygen atoms in total. The van der Waals surface area contributed by atoms with Crippen molar-refractivity contribution >= 4 is 23.2 Å². The number of carbonyl (C=O) groups excluding carboxylic acids is 2. The lowest BCUT2D eigenvalue weighted by atomic mass is 10.1. The van der Waals surface area contributed by atoms with Gasteiger partial charge >= 0.3 is 0 Å². The van der Waals surface area contributed by atoms with Crippen LogP contribution in [0.4, 0.5) is 20.2 Å². The monoisotopic (exact) mass is 439 g/mol. The molecule has 2 amide bonds. The van der Waals surface area contributed by atoms with Crippen molar-refractivity contribution in [3.8, 4) is 0 Å². The van der Waals surface area contributed by atoms with Crippen molar-refractivity contribution in [3.63, 3.8) is 0 Å². The highest BCUT2D eigenvalue weighted by molar-refractivity contribution is 6.00. The van der Waals surface area contributed by atoms with Gasteiger partial charge in [0.2, 0.25) is 11.8 Å². The lowest BCUT2D eigenvalue weighted by Gasteiger charge is -2.20.